The van der Waals surface area contributed by atoms with Gasteiger partial charge in [0.1, 0.15) is 0 Å². The Morgan fingerprint density at radius 2 is 1.53 bits per heavy atom. The lowest BCUT2D eigenvalue weighted by molar-refractivity contribution is 0.140. The minimum atomic E-state index is -1.50. The average Bonchev–Trinajstić information content (AvgIpc) is 2.31. The molecular weight excluding hydrogens is 229 g/mol. The predicted molar refractivity (Wildman–Crippen MR) is 60.0 cm³/mol. The van der Waals surface area contributed by atoms with E-state index in [1.165, 1.54) is 0 Å². The fourth-order valence-corrected chi connectivity index (χ4v) is 1.84. The van der Waals surface area contributed by atoms with Gasteiger partial charge in [-0.2, -0.15) is 0 Å². The Morgan fingerprint density at radius 1 is 1.06 bits per heavy atom. The van der Waals surface area contributed by atoms with E-state index in [-0.39, 0.29) is 5.56 Å². The van der Waals surface area contributed by atoms with Gasteiger partial charge in [-0.25, -0.2) is 13.2 Å². The van der Waals surface area contributed by atoms with Gasteiger partial charge in [0.15, 0.2) is 17.5 Å². The van der Waals surface area contributed by atoms with Gasteiger partial charge in [-0.1, -0.05) is 26.7 Å². The topological polar surface area (TPSA) is 20.2 Å². The van der Waals surface area contributed by atoms with Crippen molar-refractivity contribution in [3.63, 3.8) is 0 Å². The summed E-state index contributed by atoms with van der Waals surface area (Å²) in [6.07, 6.45) is 1.25. The van der Waals surface area contributed by atoms with Crippen LogP contribution in [0.25, 0.3) is 0 Å². The maximum absolute atomic E-state index is 13.0. The van der Waals surface area contributed by atoms with E-state index in [2.05, 4.69) is 0 Å². The summed E-state index contributed by atoms with van der Waals surface area (Å²) >= 11 is 0. The third-order valence-electron chi connectivity index (χ3n) is 3.10. The van der Waals surface area contributed by atoms with E-state index in [9.17, 15) is 18.3 Å². The lowest BCUT2D eigenvalue weighted by atomic mass is 9.93. The summed E-state index contributed by atoms with van der Waals surface area (Å²) < 4.78 is 38.7. The molecule has 0 aromatic heterocycles. The second-order valence-corrected chi connectivity index (χ2v) is 4.23. The molecule has 1 aromatic carbocycles. The molecule has 0 aliphatic carbocycles. The number of benzene rings is 1. The number of halogens is 3. The van der Waals surface area contributed by atoms with Gasteiger partial charge in [0.25, 0.3) is 0 Å². The first kappa shape index (κ1) is 14.0. The summed E-state index contributed by atoms with van der Waals surface area (Å²) in [6.45, 7) is 3.99. The normalized spacial score (nSPS) is 13.1. The first-order valence-electron chi connectivity index (χ1n) is 5.82. The summed E-state index contributed by atoms with van der Waals surface area (Å²) in [6, 6.07) is 1.71. The molecule has 1 unspecified atom stereocenters. The number of rotatable bonds is 5. The molecule has 0 radical (unpaired) electrons. The lowest BCUT2D eigenvalue weighted by Crippen LogP contribution is -2.07. The van der Waals surface area contributed by atoms with Crippen LogP contribution in [0.5, 0.6) is 0 Å². The Hall–Kier alpha value is -1.03. The predicted octanol–water partition coefficient (Wildman–Crippen LogP) is 3.96. The zero-order valence-corrected chi connectivity index (χ0v) is 10.0. The van der Waals surface area contributed by atoms with Gasteiger partial charge in [0.2, 0.25) is 0 Å². The van der Waals surface area contributed by atoms with Crippen molar-refractivity contribution in [1.29, 1.82) is 0 Å². The van der Waals surface area contributed by atoms with E-state index in [1.54, 1.807) is 0 Å². The number of aliphatic hydroxyl groups excluding tert-OH is 1. The quantitative estimate of drug-likeness (QED) is 0.779. The smallest absolute Gasteiger partial charge is 0.194 e. The molecule has 1 rings (SSSR count). The molecule has 0 aliphatic rings. The molecule has 0 fully saturated rings. The molecule has 0 saturated carbocycles. The van der Waals surface area contributed by atoms with Crippen LogP contribution < -0.4 is 0 Å². The van der Waals surface area contributed by atoms with Crippen molar-refractivity contribution >= 4 is 0 Å². The van der Waals surface area contributed by atoms with Crippen LogP contribution in [0.1, 0.15) is 44.8 Å². The Bertz CT molecular complexity index is 352. The molecule has 0 spiro atoms. The molecule has 1 nitrogen and oxygen atoms in total. The number of hydrogen-bond acceptors (Lipinski definition) is 1. The molecule has 4 heteroatoms. The minimum Gasteiger partial charge on any atom is -0.388 e. The third-order valence-corrected chi connectivity index (χ3v) is 3.10. The standard InChI is InChI=1S/C13H17F3O/c1-3-8(4-2)5-12(17)9-6-10(14)13(16)11(15)7-9/h6-8,12,17H,3-5H2,1-2H3. The van der Waals surface area contributed by atoms with Crippen LogP contribution in [0.2, 0.25) is 0 Å². The molecule has 0 amide bonds. The van der Waals surface area contributed by atoms with Crippen LogP contribution in [0.15, 0.2) is 12.1 Å². The average molecular weight is 246 g/mol. The largest absolute Gasteiger partial charge is 0.388 e. The molecule has 1 aromatic rings. The van der Waals surface area contributed by atoms with Crippen LogP contribution in [0, 0.1) is 23.4 Å². The highest BCUT2D eigenvalue weighted by molar-refractivity contribution is 5.21. The van der Waals surface area contributed by atoms with E-state index < -0.39 is 23.6 Å². The van der Waals surface area contributed by atoms with Gasteiger partial charge in [0, 0.05) is 0 Å². The van der Waals surface area contributed by atoms with Crippen molar-refractivity contribution < 1.29 is 18.3 Å². The summed E-state index contributed by atoms with van der Waals surface area (Å²) in [5.74, 6) is -3.73. The summed E-state index contributed by atoms with van der Waals surface area (Å²) in [5.41, 5.74) is 0.0910. The molecule has 96 valence electrons. The summed E-state index contributed by atoms with van der Waals surface area (Å²) in [7, 11) is 0. The van der Waals surface area contributed by atoms with Gasteiger partial charge in [-0.05, 0) is 30.0 Å². The van der Waals surface area contributed by atoms with Gasteiger partial charge >= 0.3 is 0 Å². The second kappa shape index (κ2) is 6.05. The molecule has 0 bridgehead atoms. The van der Waals surface area contributed by atoms with E-state index >= 15 is 0 Å². The SMILES string of the molecule is CCC(CC)CC(O)c1cc(F)c(F)c(F)c1. The minimum absolute atomic E-state index is 0.0910. The van der Waals surface area contributed by atoms with Crippen LogP contribution >= 0.6 is 0 Å². The highest BCUT2D eigenvalue weighted by atomic mass is 19.2. The Balaban J connectivity index is 2.85. The molecule has 0 saturated heterocycles. The van der Waals surface area contributed by atoms with Gasteiger partial charge in [0.05, 0.1) is 6.10 Å². The number of aliphatic hydroxyl groups is 1. The second-order valence-electron chi connectivity index (χ2n) is 4.23. The fourth-order valence-electron chi connectivity index (χ4n) is 1.84. The Morgan fingerprint density at radius 3 is 1.94 bits per heavy atom. The van der Waals surface area contributed by atoms with Crippen molar-refractivity contribution in [2.75, 3.05) is 0 Å². The molecule has 0 aliphatic heterocycles. The van der Waals surface area contributed by atoms with Crippen molar-refractivity contribution in [3.8, 4) is 0 Å². The molecule has 1 N–H and O–H groups in total. The van der Waals surface area contributed by atoms with Gasteiger partial charge in [-0.3, -0.25) is 0 Å². The van der Waals surface area contributed by atoms with Crippen molar-refractivity contribution in [3.05, 3.63) is 35.1 Å². The Kier molecular flexibility index (Phi) is 5.00. The highest BCUT2D eigenvalue weighted by Crippen LogP contribution is 2.27. The summed E-state index contributed by atoms with van der Waals surface area (Å²) in [4.78, 5) is 0. The van der Waals surface area contributed by atoms with E-state index in [0.29, 0.717) is 12.3 Å². The first-order chi connectivity index (χ1) is 7.99. The maximum atomic E-state index is 13.0. The van der Waals surface area contributed by atoms with Crippen LogP contribution in [0.3, 0.4) is 0 Å². The summed E-state index contributed by atoms with van der Waals surface area (Å²) in [5, 5.41) is 9.84. The zero-order valence-electron chi connectivity index (χ0n) is 10.0. The van der Waals surface area contributed by atoms with E-state index in [0.717, 1.165) is 25.0 Å². The van der Waals surface area contributed by atoms with Crippen LogP contribution in [-0.2, 0) is 0 Å². The van der Waals surface area contributed by atoms with E-state index in [1.807, 2.05) is 13.8 Å². The molecule has 1 atom stereocenters. The van der Waals surface area contributed by atoms with Crippen molar-refractivity contribution in [2.45, 2.75) is 39.2 Å². The monoisotopic (exact) mass is 246 g/mol. The Labute approximate surface area is 99.3 Å². The first-order valence-corrected chi connectivity index (χ1v) is 5.82. The third kappa shape index (κ3) is 3.46. The zero-order chi connectivity index (χ0) is 13.0. The van der Waals surface area contributed by atoms with Crippen LogP contribution in [-0.4, -0.2) is 5.11 Å². The van der Waals surface area contributed by atoms with Crippen LogP contribution in [0.4, 0.5) is 13.2 Å². The van der Waals surface area contributed by atoms with Crippen molar-refractivity contribution in [1.82, 2.24) is 0 Å². The molecule has 0 heterocycles. The lowest BCUT2D eigenvalue weighted by Gasteiger charge is -2.17. The van der Waals surface area contributed by atoms with Gasteiger partial charge in [-0.15, -0.1) is 0 Å². The molecule has 17 heavy (non-hydrogen) atoms. The molecular formula is C13H17F3O. The fraction of sp³-hybridized carbons (Fsp3) is 0.538. The highest BCUT2D eigenvalue weighted by Gasteiger charge is 2.18. The number of hydrogen-bond donors (Lipinski definition) is 1. The van der Waals surface area contributed by atoms with Gasteiger partial charge < -0.3 is 5.11 Å². The van der Waals surface area contributed by atoms with Crippen molar-refractivity contribution in [2.24, 2.45) is 5.92 Å². The maximum Gasteiger partial charge on any atom is 0.194 e. The van der Waals surface area contributed by atoms with E-state index in [4.69, 9.17) is 0 Å².